The van der Waals surface area contributed by atoms with Crippen LogP contribution in [0.1, 0.15) is 26.7 Å². The van der Waals surface area contributed by atoms with Crippen molar-refractivity contribution < 1.29 is 27.9 Å². The van der Waals surface area contributed by atoms with E-state index in [1.807, 2.05) is 0 Å². The van der Waals surface area contributed by atoms with Gasteiger partial charge in [-0.2, -0.15) is 0 Å². The van der Waals surface area contributed by atoms with Crippen LogP contribution in [-0.2, 0) is 0 Å². The maximum atomic E-state index is 11.8. The zero-order valence-corrected chi connectivity index (χ0v) is 12.1. The highest BCUT2D eigenvalue weighted by Crippen LogP contribution is 2.25. The molecule has 116 valence electrons. The minimum absolute atomic E-state index is 0.107. The highest BCUT2D eigenvalue weighted by Gasteiger charge is 2.15. The Labute approximate surface area is 131 Å². The topological polar surface area (TPSA) is 78.9 Å². The fourth-order valence-electron chi connectivity index (χ4n) is 1.90. The molecule has 0 aliphatic rings. The summed E-state index contributed by atoms with van der Waals surface area (Å²) < 4.78 is 20.3. The molecule has 3 aromatic rings. The molecule has 0 unspecified atom stereocenters. The van der Waals surface area contributed by atoms with E-state index in [2.05, 4.69) is 0 Å². The summed E-state index contributed by atoms with van der Waals surface area (Å²) >= 11 is 0. The van der Waals surface area contributed by atoms with Crippen molar-refractivity contribution in [3.05, 3.63) is 72.1 Å². The fourth-order valence-corrected chi connectivity index (χ4v) is 1.90. The van der Waals surface area contributed by atoms with E-state index in [4.69, 9.17) is 18.3 Å². The van der Waals surface area contributed by atoms with Crippen LogP contribution in [0, 0.1) is 6.92 Å². The molecule has 6 heteroatoms. The first-order chi connectivity index (χ1) is 11.1. The van der Waals surface area contributed by atoms with Crippen molar-refractivity contribution in [2.75, 3.05) is 0 Å². The lowest BCUT2D eigenvalue weighted by Gasteiger charge is -2.08. The zero-order valence-electron chi connectivity index (χ0n) is 12.1. The minimum Gasteiger partial charge on any atom is -0.457 e. The molecule has 6 nitrogen and oxygen atoms in total. The molecule has 0 fully saturated rings. The lowest BCUT2D eigenvalue weighted by molar-refractivity contribution is 0.0686. The SMILES string of the molecule is Cc1cc(OC(=O)c2ccco2)ccc1OC(=O)c1ccco1. The summed E-state index contributed by atoms with van der Waals surface area (Å²) in [6, 6.07) is 10.9. The first kappa shape index (κ1) is 14.6. The van der Waals surface area contributed by atoms with Crippen molar-refractivity contribution in [2.24, 2.45) is 0 Å². The monoisotopic (exact) mass is 312 g/mol. The largest absolute Gasteiger partial charge is 0.457 e. The summed E-state index contributed by atoms with van der Waals surface area (Å²) in [5, 5.41) is 0. The molecule has 3 rings (SSSR count). The second kappa shape index (κ2) is 6.23. The Hall–Kier alpha value is -3.28. The molecule has 0 amide bonds. The van der Waals surface area contributed by atoms with E-state index in [9.17, 15) is 9.59 Å². The summed E-state index contributed by atoms with van der Waals surface area (Å²) in [6.45, 7) is 1.73. The van der Waals surface area contributed by atoms with Gasteiger partial charge in [0.2, 0.25) is 11.5 Å². The van der Waals surface area contributed by atoms with E-state index in [0.717, 1.165) is 0 Å². The van der Waals surface area contributed by atoms with Crippen molar-refractivity contribution in [2.45, 2.75) is 6.92 Å². The molecule has 0 saturated heterocycles. The van der Waals surface area contributed by atoms with Gasteiger partial charge in [-0.05, 0) is 55.0 Å². The Bertz CT molecular complexity index is 815. The number of aryl methyl sites for hydroxylation is 1. The highest BCUT2D eigenvalue weighted by atomic mass is 16.6. The molecule has 0 aliphatic carbocycles. The summed E-state index contributed by atoms with van der Waals surface area (Å²) in [7, 11) is 0. The average Bonchev–Trinajstić information content (AvgIpc) is 3.23. The Morgan fingerprint density at radius 2 is 1.48 bits per heavy atom. The second-order valence-electron chi connectivity index (χ2n) is 4.66. The Balaban J connectivity index is 1.71. The lowest BCUT2D eigenvalue weighted by atomic mass is 10.2. The lowest BCUT2D eigenvalue weighted by Crippen LogP contribution is -2.09. The van der Waals surface area contributed by atoms with Gasteiger partial charge in [-0.1, -0.05) is 0 Å². The number of rotatable bonds is 4. The first-order valence-corrected chi connectivity index (χ1v) is 6.75. The molecule has 0 radical (unpaired) electrons. The smallest absolute Gasteiger partial charge is 0.379 e. The van der Waals surface area contributed by atoms with Crippen LogP contribution >= 0.6 is 0 Å². The molecule has 0 atom stereocenters. The van der Waals surface area contributed by atoms with Gasteiger partial charge in [0.15, 0.2) is 0 Å². The standard InChI is InChI=1S/C17H12O6/c1-11-10-12(22-16(18)14-4-2-8-20-14)6-7-13(11)23-17(19)15-5-3-9-21-15/h2-10H,1H3. The summed E-state index contributed by atoms with van der Waals surface area (Å²) in [6.07, 6.45) is 2.78. The molecule has 0 N–H and O–H groups in total. The van der Waals surface area contributed by atoms with Crippen LogP contribution in [0.2, 0.25) is 0 Å². The van der Waals surface area contributed by atoms with Gasteiger partial charge in [0.25, 0.3) is 0 Å². The quantitative estimate of drug-likeness (QED) is 0.541. The first-order valence-electron chi connectivity index (χ1n) is 6.75. The van der Waals surface area contributed by atoms with Gasteiger partial charge in [0, 0.05) is 0 Å². The molecule has 0 saturated carbocycles. The van der Waals surface area contributed by atoms with Crippen LogP contribution in [0.15, 0.2) is 63.8 Å². The molecule has 0 spiro atoms. The van der Waals surface area contributed by atoms with E-state index in [0.29, 0.717) is 17.1 Å². The van der Waals surface area contributed by atoms with Crippen LogP contribution in [0.5, 0.6) is 11.5 Å². The number of esters is 2. The molecule has 2 aromatic heterocycles. The van der Waals surface area contributed by atoms with Gasteiger partial charge in [-0.3, -0.25) is 0 Å². The van der Waals surface area contributed by atoms with Crippen LogP contribution in [0.4, 0.5) is 0 Å². The maximum Gasteiger partial charge on any atom is 0.379 e. The van der Waals surface area contributed by atoms with Crippen molar-refractivity contribution in [1.82, 2.24) is 0 Å². The van der Waals surface area contributed by atoms with Crippen LogP contribution < -0.4 is 9.47 Å². The van der Waals surface area contributed by atoms with E-state index < -0.39 is 11.9 Å². The molecular weight excluding hydrogens is 300 g/mol. The summed E-state index contributed by atoms with van der Waals surface area (Å²) in [5.74, 6) is -0.312. The fraction of sp³-hybridized carbons (Fsp3) is 0.0588. The summed E-state index contributed by atoms with van der Waals surface area (Å²) in [4.78, 5) is 23.6. The predicted octanol–water partition coefficient (Wildman–Crippen LogP) is 3.62. The Kier molecular flexibility index (Phi) is 3.97. The van der Waals surface area contributed by atoms with Gasteiger partial charge >= 0.3 is 11.9 Å². The van der Waals surface area contributed by atoms with Crippen molar-refractivity contribution in [1.29, 1.82) is 0 Å². The van der Waals surface area contributed by atoms with Gasteiger partial charge in [-0.25, -0.2) is 9.59 Å². The molecule has 23 heavy (non-hydrogen) atoms. The van der Waals surface area contributed by atoms with Crippen LogP contribution in [-0.4, -0.2) is 11.9 Å². The van der Waals surface area contributed by atoms with Crippen molar-refractivity contribution in [3.63, 3.8) is 0 Å². The third kappa shape index (κ3) is 3.32. The number of carbonyl (C=O) groups is 2. The van der Waals surface area contributed by atoms with E-state index in [1.54, 1.807) is 31.2 Å². The van der Waals surface area contributed by atoms with Crippen molar-refractivity contribution in [3.8, 4) is 11.5 Å². The van der Waals surface area contributed by atoms with E-state index in [1.165, 1.54) is 30.7 Å². The van der Waals surface area contributed by atoms with Gasteiger partial charge in [0.1, 0.15) is 11.5 Å². The Morgan fingerprint density at radius 1 is 0.870 bits per heavy atom. The number of hydrogen-bond donors (Lipinski definition) is 0. The van der Waals surface area contributed by atoms with Crippen molar-refractivity contribution >= 4 is 11.9 Å². The second-order valence-corrected chi connectivity index (χ2v) is 4.66. The maximum absolute atomic E-state index is 11.8. The highest BCUT2D eigenvalue weighted by molar-refractivity contribution is 5.89. The molecule has 2 heterocycles. The summed E-state index contributed by atoms with van der Waals surface area (Å²) in [5.41, 5.74) is 0.634. The van der Waals surface area contributed by atoms with E-state index in [-0.39, 0.29) is 11.5 Å². The third-order valence-corrected chi connectivity index (χ3v) is 3.00. The predicted molar refractivity (Wildman–Crippen MR) is 78.5 cm³/mol. The average molecular weight is 312 g/mol. The number of furan rings is 2. The number of benzene rings is 1. The molecule has 0 bridgehead atoms. The van der Waals surface area contributed by atoms with E-state index >= 15 is 0 Å². The van der Waals surface area contributed by atoms with Gasteiger partial charge in [-0.15, -0.1) is 0 Å². The van der Waals surface area contributed by atoms with Gasteiger partial charge in [0.05, 0.1) is 12.5 Å². The number of carbonyl (C=O) groups excluding carboxylic acids is 2. The third-order valence-electron chi connectivity index (χ3n) is 3.00. The molecule has 0 aliphatic heterocycles. The molecule has 1 aromatic carbocycles. The molecular formula is C17H12O6. The zero-order chi connectivity index (χ0) is 16.2. The van der Waals surface area contributed by atoms with Crippen LogP contribution in [0.25, 0.3) is 0 Å². The normalized spacial score (nSPS) is 10.3. The number of ether oxygens (including phenoxy) is 2. The van der Waals surface area contributed by atoms with Crippen LogP contribution in [0.3, 0.4) is 0 Å². The van der Waals surface area contributed by atoms with Gasteiger partial charge < -0.3 is 18.3 Å². The number of hydrogen-bond acceptors (Lipinski definition) is 6. The Morgan fingerprint density at radius 3 is 2.00 bits per heavy atom. The minimum atomic E-state index is -0.602.